The summed E-state index contributed by atoms with van der Waals surface area (Å²) < 4.78 is 2.25. The van der Waals surface area contributed by atoms with Crippen molar-refractivity contribution in [1.29, 1.82) is 0 Å². The van der Waals surface area contributed by atoms with Gasteiger partial charge in [-0.3, -0.25) is 4.79 Å². The molecular weight excluding hydrogens is 628 g/mol. The van der Waals surface area contributed by atoms with Crippen molar-refractivity contribution in [1.82, 2.24) is 0 Å². The Bertz CT molecular complexity index is 1730. The number of hydrogen-bond acceptors (Lipinski definition) is 7. The van der Waals surface area contributed by atoms with Crippen LogP contribution >= 0.6 is 0 Å². The van der Waals surface area contributed by atoms with Crippen LogP contribution in [0.25, 0.3) is 5.57 Å². The van der Waals surface area contributed by atoms with Crippen LogP contribution in [0.5, 0.6) is 0 Å². The molecule has 0 aromatic heterocycles. The molecule has 5 rings (SSSR count). The first kappa shape index (κ1) is 36.1. The molecule has 3 aromatic carbocycles. The largest absolute Gasteiger partial charge is 0.874 e. The van der Waals surface area contributed by atoms with Crippen molar-refractivity contribution < 1.29 is 34.3 Å². The predicted octanol–water partition coefficient (Wildman–Crippen LogP) is 3.98. The summed E-state index contributed by atoms with van der Waals surface area (Å²) in [6.07, 6.45) is 12.4. The molecule has 8 nitrogen and oxygen atoms in total. The summed E-state index contributed by atoms with van der Waals surface area (Å²) in [7, 11) is 0. The van der Waals surface area contributed by atoms with Gasteiger partial charge in [-0.1, -0.05) is 91.4 Å². The molecule has 0 saturated heterocycles. The minimum atomic E-state index is -1.03. The number of carboxylic acid groups (broad SMARTS) is 2. The summed E-state index contributed by atoms with van der Waals surface area (Å²) in [6, 6.07) is 27.8. The van der Waals surface area contributed by atoms with E-state index < -0.39 is 17.9 Å². The van der Waals surface area contributed by atoms with E-state index in [1.54, 1.807) is 0 Å². The van der Waals surface area contributed by atoms with Gasteiger partial charge in [0.05, 0.1) is 0 Å². The molecular formula is C42H44N2O6-2. The Morgan fingerprint density at radius 3 is 1.86 bits per heavy atom. The van der Waals surface area contributed by atoms with Gasteiger partial charge >= 0.3 is 0 Å². The minimum absolute atomic E-state index is 0.0591. The lowest BCUT2D eigenvalue weighted by Crippen LogP contribution is -2.41. The summed E-state index contributed by atoms with van der Waals surface area (Å²) in [5.41, 5.74) is 5.13. The number of carboxylic acids is 2. The average molecular weight is 673 g/mol. The molecule has 0 amide bonds. The molecule has 50 heavy (non-hydrogen) atoms. The standard InChI is InChI=1S/C42H46N2O6/c45-37(46)17-9-3-11-27-43(29-31-13-5-1-6-14-31)35-23-19-33(20-24-35)39-41(49)40(42(39)50)34-21-25-36(26-22-34)44(28-12-4-10-18-38(47)48)30-32-15-7-2-8-16-32/h1-2,5-8,13-16,19-26,33,39H,3-4,9-12,17-18,27-30H2,(H2-,45,46,47,48,49,50)/p-2. The normalized spacial score (nSPS) is 16.7. The SMILES string of the molecule is O=C([O-])CCCCCN(Cc1ccccc1)c1ccc(C2=C([O-])C(C3C=CC(=[N+](CCCCCC(=O)[O-])Cc4ccccc4)C=C3)C2=O)cc1. The Morgan fingerprint density at radius 1 is 0.700 bits per heavy atom. The van der Waals surface area contributed by atoms with E-state index in [0.717, 1.165) is 61.3 Å². The topological polar surface area (TPSA) is 127 Å². The summed E-state index contributed by atoms with van der Waals surface area (Å²) in [4.78, 5) is 37.3. The van der Waals surface area contributed by atoms with Gasteiger partial charge in [0.2, 0.25) is 0 Å². The van der Waals surface area contributed by atoms with Gasteiger partial charge in [-0.05, 0) is 61.8 Å². The molecule has 0 saturated carbocycles. The zero-order valence-electron chi connectivity index (χ0n) is 28.4. The monoisotopic (exact) mass is 672 g/mol. The highest BCUT2D eigenvalue weighted by atomic mass is 16.4. The lowest BCUT2D eigenvalue weighted by Gasteiger charge is -2.40. The van der Waals surface area contributed by atoms with Gasteiger partial charge in [0, 0.05) is 72.3 Å². The van der Waals surface area contributed by atoms with Crippen LogP contribution in [0.1, 0.15) is 68.1 Å². The number of benzene rings is 3. The van der Waals surface area contributed by atoms with E-state index in [-0.39, 0.29) is 35.9 Å². The van der Waals surface area contributed by atoms with Crippen LogP contribution < -0.4 is 20.2 Å². The molecule has 8 heteroatoms. The van der Waals surface area contributed by atoms with Crippen molar-refractivity contribution >= 4 is 34.7 Å². The van der Waals surface area contributed by atoms with Gasteiger partial charge in [0.25, 0.3) is 0 Å². The average Bonchev–Trinajstić information content (AvgIpc) is 3.12. The van der Waals surface area contributed by atoms with Crippen LogP contribution in [-0.2, 0) is 27.5 Å². The fourth-order valence-electron chi connectivity index (χ4n) is 6.62. The van der Waals surface area contributed by atoms with E-state index >= 15 is 0 Å². The number of hydrogen-bond donors (Lipinski definition) is 0. The molecule has 0 radical (unpaired) electrons. The number of ketones is 1. The fraction of sp³-hybridized carbons (Fsp3) is 0.333. The van der Waals surface area contributed by atoms with Crippen LogP contribution in [0.4, 0.5) is 5.69 Å². The lowest BCUT2D eigenvalue weighted by molar-refractivity contribution is -0.543. The third-order valence-electron chi connectivity index (χ3n) is 9.36. The molecule has 0 aliphatic heterocycles. The number of rotatable bonds is 19. The number of Topliss-reactive ketones (excluding diaryl/α,β-unsaturated/α-hetero) is 1. The number of nitrogens with zero attached hydrogens (tertiary/aromatic N) is 2. The van der Waals surface area contributed by atoms with Crippen LogP contribution in [0.2, 0.25) is 0 Å². The molecule has 0 spiro atoms. The molecule has 2 aliphatic rings. The first-order valence-electron chi connectivity index (χ1n) is 17.6. The number of allylic oxidation sites excluding steroid dienone is 6. The first-order valence-corrected chi connectivity index (χ1v) is 17.6. The van der Waals surface area contributed by atoms with E-state index in [4.69, 9.17) is 0 Å². The maximum absolute atomic E-state index is 13.4. The molecule has 1 atom stereocenters. The van der Waals surface area contributed by atoms with E-state index in [0.29, 0.717) is 31.5 Å². The van der Waals surface area contributed by atoms with Gasteiger partial charge in [-0.2, -0.15) is 0 Å². The summed E-state index contributed by atoms with van der Waals surface area (Å²) >= 11 is 0. The molecule has 0 bridgehead atoms. The Kier molecular flexibility index (Phi) is 12.9. The Morgan fingerprint density at radius 2 is 1.28 bits per heavy atom. The third kappa shape index (κ3) is 9.91. The molecule has 2 aliphatic carbocycles. The number of anilines is 1. The van der Waals surface area contributed by atoms with E-state index in [1.807, 2.05) is 85.0 Å². The smallest absolute Gasteiger partial charge is 0.199 e. The van der Waals surface area contributed by atoms with Crippen LogP contribution in [-0.4, -0.2) is 41.1 Å². The second-order valence-electron chi connectivity index (χ2n) is 13.0. The van der Waals surface area contributed by atoms with Crippen molar-refractivity contribution in [3.63, 3.8) is 0 Å². The maximum atomic E-state index is 13.4. The summed E-state index contributed by atoms with van der Waals surface area (Å²) in [5.74, 6) is -3.39. The quantitative estimate of drug-likeness (QED) is 0.139. The highest BCUT2D eigenvalue weighted by molar-refractivity contribution is 6.29. The zero-order chi connectivity index (χ0) is 35.3. The second kappa shape index (κ2) is 18.0. The zero-order valence-corrected chi connectivity index (χ0v) is 28.4. The van der Waals surface area contributed by atoms with Crippen molar-refractivity contribution in [2.45, 2.75) is 64.5 Å². The predicted molar refractivity (Wildman–Crippen MR) is 188 cm³/mol. The maximum Gasteiger partial charge on any atom is 0.199 e. The van der Waals surface area contributed by atoms with Gasteiger partial charge in [-0.15, -0.1) is 5.76 Å². The van der Waals surface area contributed by atoms with E-state index in [9.17, 15) is 29.7 Å². The summed E-state index contributed by atoms with van der Waals surface area (Å²) in [6.45, 7) is 2.86. The Labute approximate surface area is 294 Å². The van der Waals surface area contributed by atoms with Gasteiger partial charge in [0.15, 0.2) is 18.0 Å². The second-order valence-corrected chi connectivity index (χ2v) is 13.0. The Balaban J connectivity index is 1.25. The van der Waals surface area contributed by atoms with Crippen molar-refractivity contribution in [3.05, 3.63) is 132 Å². The van der Waals surface area contributed by atoms with Crippen LogP contribution in [0.3, 0.4) is 0 Å². The Hall–Kier alpha value is -5.24. The fourth-order valence-corrected chi connectivity index (χ4v) is 6.62. The van der Waals surface area contributed by atoms with Gasteiger partial charge in [0.1, 0.15) is 6.54 Å². The molecule has 1 unspecified atom stereocenters. The summed E-state index contributed by atoms with van der Waals surface area (Å²) in [5, 5.41) is 35.0. The van der Waals surface area contributed by atoms with Crippen LogP contribution in [0.15, 0.2) is 115 Å². The lowest BCUT2D eigenvalue weighted by atomic mass is 9.71. The van der Waals surface area contributed by atoms with Gasteiger partial charge in [-0.25, -0.2) is 4.58 Å². The molecule has 0 N–H and O–H groups in total. The number of aliphatic carboxylic acids is 2. The van der Waals surface area contributed by atoms with E-state index in [2.05, 4.69) is 33.7 Å². The van der Waals surface area contributed by atoms with Crippen molar-refractivity contribution in [3.8, 4) is 0 Å². The highest BCUT2D eigenvalue weighted by Gasteiger charge is 2.38. The molecule has 260 valence electrons. The molecule has 0 fully saturated rings. The molecule has 3 aromatic rings. The molecule has 0 heterocycles. The number of carbonyl (C=O) groups is 3. The number of carbonyl (C=O) groups excluding carboxylic acids is 3. The first-order chi connectivity index (χ1) is 24.3. The number of unbranched alkanes of at least 4 members (excludes halogenated alkanes) is 4. The van der Waals surface area contributed by atoms with E-state index in [1.165, 1.54) is 0 Å². The van der Waals surface area contributed by atoms with Crippen LogP contribution in [0, 0.1) is 11.8 Å². The highest BCUT2D eigenvalue weighted by Crippen LogP contribution is 2.41. The third-order valence-corrected chi connectivity index (χ3v) is 9.36. The van der Waals surface area contributed by atoms with Crippen molar-refractivity contribution in [2.24, 2.45) is 11.8 Å². The minimum Gasteiger partial charge on any atom is -0.874 e. The van der Waals surface area contributed by atoms with Gasteiger partial charge < -0.3 is 29.8 Å². The van der Waals surface area contributed by atoms with Crippen molar-refractivity contribution in [2.75, 3.05) is 18.0 Å².